The molecule has 1 heterocycles. The third-order valence-corrected chi connectivity index (χ3v) is 5.24. The van der Waals surface area contributed by atoms with E-state index in [1.54, 1.807) is 55.5 Å². The molecule has 162 valence electrons. The second-order valence-electron chi connectivity index (χ2n) is 7.20. The van der Waals surface area contributed by atoms with Gasteiger partial charge in [-0.15, -0.1) is 0 Å². The summed E-state index contributed by atoms with van der Waals surface area (Å²) in [5, 5.41) is 3.20. The lowest BCUT2D eigenvalue weighted by atomic mass is 10.0. The third-order valence-electron chi connectivity index (χ3n) is 5.01. The maximum atomic E-state index is 13.4. The average Bonchev–Trinajstić information content (AvgIpc) is 2.98. The molecule has 1 aliphatic heterocycles. The van der Waals surface area contributed by atoms with Gasteiger partial charge in [-0.3, -0.25) is 9.59 Å². The van der Waals surface area contributed by atoms with Crippen molar-refractivity contribution in [3.63, 3.8) is 0 Å². The second-order valence-corrected chi connectivity index (χ2v) is 7.63. The predicted molar refractivity (Wildman–Crippen MR) is 117 cm³/mol. The highest BCUT2D eigenvalue weighted by Gasteiger charge is 2.41. The van der Waals surface area contributed by atoms with Crippen LogP contribution >= 0.6 is 11.6 Å². The van der Waals surface area contributed by atoms with Crippen molar-refractivity contribution >= 4 is 40.4 Å². The fourth-order valence-corrected chi connectivity index (χ4v) is 3.75. The molecule has 32 heavy (non-hydrogen) atoms. The number of carbonyl (C=O) groups excluding carboxylic acids is 2. The minimum absolute atomic E-state index is 0.0408. The van der Waals surface area contributed by atoms with Crippen LogP contribution in [-0.4, -0.2) is 11.8 Å². The maximum Gasteiger partial charge on any atom is 0.416 e. The van der Waals surface area contributed by atoms with Gasteiger partial charge in [-0.25, -0.2) is 4.90 Å². The van der Waals surface area contributed by atoms with Crippen LogP contribution in [0, 0.1) is 6.92 Å². The summed E-state index contributed by atoms with van der Waals surface area (Å²) < 4.78 is 39.4. The molecular formula is C24H16ClF3N2O2. The van der Waals surface area contributed by atoms with Gasteiger partial charge in [-0.05, 0) is 54.4 Å². The molecule has 4 rings (SSSR count). The van der Waals surface area contributed by atoms with Crippen LogP contribution in [0.1, 0.15) is 16.7 Å². The number of halogens is 4. The molecule has 0 unspecified atom stereocenters. The van der Waals surface area contributed by atoms with Gasteiger partial charge >= 0.3 is 6.18 Å². The van der Waals surface area contributed by atoms with Crippen molar-refractivity contribution < 1.29 is 22.8 Å². The number of anilines is 2. The highest BCUT2D eigenvalue weighted by molar-refractivity contribution is 6.46. The Morgan fingerprint density at radius 2 is 1.59 bits per heavy atom. The molecule has 0 saturated carbocycles. The number of hydrogen-bond acceptors (Lipinski definition) is 3. The Morgan fingerprint density at radius 3 is 2.25 bits per heavy atom. The van der Waals surface area contributed by atoms with E-state index >= 15 is 0 Å². The van der Waals surface area contributed by atoms with Crippen LogP contribution in [0.3, 0.4) is 0 Å². The molecule has 0 radical (unpaired) electrons. The third kappa shape index (κ3) is 3.99. The van der Waals surface area contributed by atoms with Crippen LogP contribution in [0.2, 0.25) is 5.02 Å². The maximum absolute atomic E-state index is 13.4. The summed E-state index contributed by atoms with van der Waals surface area (Å²) in [6, 6.07) is 17.7. The predicted octanol–water partition coefficient (Wildman–Crippen LogP) is 6.06. The molecule has 0 aromatic heterocycles. The van der Waals surface area contributed by atoms with Gasteiger partial charge in [-0.2, -0.15) is 13.2 Å². The number of imide groups is 1. The van der Waals surface area contributed by atoms with Crippen LogP contribution in [0.25, 0.3) is 5.57 Å². The van der Waals surface area contributed by atoms with Crippen molar-refractivity contribution in [3.8, 4) is 0 Å². The van der Waals surface area contributed by atoms with Crippen molar-refractivity contribution in [3.05, 3.63) is 100 Å². The minimum Gasteiger partial charge on any atom is -0.350 e. The van der Waals surface area contributed by atoms with Gasteiger partial charge in [0.1, 0.15) is 5.70 Å². The fourth-order valence-electron chi connectivity index (χ4n) is 3.52. The van der Waals surface area contributed by atoms with Crippen LogP contribution in [0.4, 0.5) is 24.5 Å². The Bertz CT molecular complexity index is 1250. The molecule has 1 N–H and O–H groups in total. The molecule has 0 fully saturated rings. The molecule has 3 aromatic rings. The second kappa shape index (κ2) is 8.16. The Balaban J connectivity index is 1.82. The lowest BCUT2D eigenvalue weighted by Crippen LogP contribution is -2.33. The SMILES string of the molecule is Cc1cc(Cl)ccc1N1C(=O)C(Nc2cccc(C(F)(F)F)c2)=C(c2ccccc2)C1=O. The molecule has 4 nitrogen and oxygen atoms in total. The van der Waals surface area contributed by atoms with Gasteiger partial charge in [0, 0.05) is 10.7 Å². The number of benzene rings is 3. The largest absolute Gasteiger partial charge is 0.416 e. The van der Waals surface area contributed by atoms with Gasteiger partial charge in [0.15, 0.2) is 0 Å². The molecule has 0 aliphatic carbocycles. The Morgan fingerprint density at radius 1 is 0.875 bits per heavy atom. The monoisotopic (exact) mass is 456 g/mol. The number of nitrogens with zero attached hydrogens (tertiary/aromatic N) is 1. The van der Waals surface area contributed by atoms with Crippen molar-refractivity contribution in [1.29, 1.82) is 0 Å². The molecule has 3 aromatic carbocycles. The number of rotatable bonds is 4. The number of carbonyl (C=O) groups is 2. The Kier molecular flexibility index (Phi) is 5.52. The fraction of sp³-hybridized carbons (Fsp3) is 0.0833. The van der Waals surface area contributed by atoms with E-state index in [0.717, 1.165) is 17.0 Å². The molecule has 0 bridgehead atoms. The first-order valence-electron chi connectivity index (χ1n) is 9.56. The average molecular weight is 457 g/mol. The van der Waals surface area contributed by atoms with Gasteiger partial charge in [0.2, 0.25) is 0 Å². The Labute approximate surface area is 186 Å². The highest BCUT2D eigenvalue weighted by atomic mass is 35.5. The van der Waals surface area contributed by atoms with Crippen molar-refractivity contribution in [1.82, 2.24) is 0 Å². The number of aryl methyl sites for hydroxylation is 1. The zero-order valence-electron chi connectivity index (χ0n) is 16.7. The molecule has 0 atom stereocenters. The molecule has 0 saturated heterocycles. The van der Waals surface area contributed by atoms with Crippen LogP contribution in [0.5, 0.6) is 0 Å². The highest BCUT2D eigenvalue weighted by Crippen LogP contribution is 2.37. The first-order valence-corrected chi connectivity index (χ1v) is 9.93. The Hall–Kier alpha value is -3.58. The smallest absolute Gasteiger partial charge is 0.350 e. The molecule has 8 heteroatoms. The zero-order chi connectivity index (χ0) is 23.0. The van der Waals surface area contributed by atoms with Gasteiger partial charge in [-0.1, -0.05) is 48.0 Å². The molecule has 1 aliphatic rings. The molecule has 0 spiro atoms. The molecular weight excluding hydrogens is 441 g/mol. The van der Waals surface area contributed by atoms with Gasteiger partial charge in [0.25, 0.3) is 11.8 Å². The summed E-state index contributed by atoms with van der Waals surface area (Å²) in [6.45, 7) is 1.71. The van der Waals surface area contributed by atoms with E-state index in [0.29, 0.717) is 21.8 Å². The van der Waals surface area contributed by atoms with E-state index in [-0.39, 0.29) is 17.0 Å². The van der Waals surface area contributed by atoms with E-state index in [2.05, 4.69) is 5.32 Å². The normalized spacial score (nSPS) is 14.3. The van der Waals surface area contributed by atoms with Crippen LogP contribution in [-0.2, 0) is 15.8 Å². The summed E-state index contributed by atoms with van der Waals surface area (Å²) in [5.74, 6) is -1.25. The summed E-state index contributed by atoms with van der Waals surface area (Å²) >= 11 is 6.01. The molecule has 2 amide bonds. The van der Waals surface area contributed by atoms with E-state index in [1.165, 1.54) is 12.1 Å². The van der Waals surface area contributed by atoms with E-state index in [9.17, 15) is 22.8 Å². The number of alkyl halides is 3. The first-order chi connectivity index (χ1) is 15.2. The standard InChI is InChI=1S/C24H16ClF3N2O2/c1-14-12-17(25)10-11-19(14)30-22(31)20(15-6-3-2-4-7-15)21(23(30)32)29-18-9-5-8-16(13-18)24(26,27)28/h2-13,29H,1H3. The summed E-state index contributed by atoms with van der Waals surface area (Å²) in [6.07, 6.45) is -4.55. The van der Waals surface area contributed by atoms with Crippen molar-refractivity contribution in [2.45, 2.75) is 13.1 Å². The lowest BCUT2D eigenvalue weighted by Gasteiger charge is -2.18. The van der Waals surface area contributed by atoms with E-state index in [1.807, 2.05) is 0 Å². The number of amides is 2. The van der Waals surface area contributed by atoms with Gasteiger partial charge < -0.3 is 5.32 Å². The van der Waals surface area contributed by atoms with Gasteiger partial charge in [0.05, 0.1) is 16.8 Å². The quantitative estimate of drug-likeness (QED) is 0.485. The van der Waals surface area contributed by atoms with Crippen molar-refractivity contribution in [2.24, 2.45) is 0 Å². The van der Waals surface area contributed by atoms with Crippen LogP contribution in [0.15, 0.2) is 78.5 Å². The van der Waals surface area contributed by atoms with Crippen molar-refractivity contribution in [2.75, 3.05) is 10.2 Å². The topological polar surface area (TPSA) is 49.4 Å². The summed E-state index contributed by atoms with van der Waals surface area (Å²) in [5.41, 5.74) is 0.558. The van der Waals surface area contributed by atoms with E-state index in [4.69, 9.17) is 11.6 Å². The van der Waals surface area contributed by atoms with Crippen LogP contribution < -0.4 is 10.2 Å². The van der Waals surface area contributed by atoms with E-state index < -0.39 is 23.6 Å². The minimum atomic E-state index is -4.55. The number of nitrogens with one attached hydrogen (secondary N) is 1. The summed E-state index contributed by atoms with van der Waals surface area (Å²) in [7, 11) is 0. The zero-order valence-corrected chi connectivity index (χ0v) is 17.5. The number of hydrogen-bond donors (Lipinski definition) is 1. The first kappa shape index (κ1) is 21.6. The lowest BCUT2D eigenvalue weighted by molar-refractivity contribution is -0.137. The summed E-state index contributed by atoms with van der Waals surface area (Å²) in [4.78, 5) is 27.7.